The fourth-order valence-electron chi connectivity index (χ4n) is 5.97. The fourth-order valence-corrected chi connectivity index (χ4v) is 8.00. The van der Waals surface area contributed by atoms with Crippen molar-refractivity contribution in [1.82, 2.24) is 24.6 Å². The third-order valence-electron chi connectivity index (χ3n) is 8.76. The third kappa shape index (κ3) is 7.88. The van der Waals surface area contributed by atoms with E-state index < -0.39 is 56.5 Å². The maximum atomic E-state index is 14.8. The van der Waals surface area contributed by atoms with Crippen LogP contribution < -0.4 is 20.1 Å². The Balaban J connectivity index is 1.28. The summed E-state index contributed by atoms with van der Waals surface area (Å²) in [6, 6.07) is 20.8. The first-order valence-corrected chi connectivity index (χ1v) is 19.4. The Morgan fingerprint density at radius 1 is 1.13 bits per heavy atom. The predicted octanol–water partition coefficient (Wildman–Crippen LogP) is 4.80. The number of hydrogen-bond acceptors (Lipinski definition) is 14. The molecule has 7 unspecified atom stereocenters. The van der Waals surface area contributed by atoms with Crippen molar-refractivity contribution >= 4 is 53.4 Å². The van der Waals surface area contributed by atoms with Gasteiger partial charge in [0.1, 0.15) is 35.7 Å². The number of imidazole rings is 1. The summed E-state index contributed by atoms with van der Waals surface area (Å²) in [7, 11) is -3.07. The molecule has 15 nitrogen and oxygen atoms in total. The highest BCUT2D eigenvalue weighted by Gasteiger charge is 2.54. The van der Waals surface area contributed by atoms with Gasteiger partial charge in [0.05, 0.1) is 20.0 Å². The Labute approximate surface area is 304 Å². The number of ether oxygens (including phenoxy) is 3. The molecule has 0 amide bonds. The minimum atomic E-state index is -4.47. The quantitative estimate of drug-likeness (QED) is 0.0838. The van der Waals surface area contributed by atoms with Crippen LogP contribution in [0.15, 0.2) is 79.1 Å². The monoisotopic (exact) mass is 752 g/mol. The van der Waals surface area contributed by atoms with Gasteiger partial charge in [-0.1, -0.05) is 66.7 Å². The van der Waals surface area contributed by atoms with Crippen LogP contribution >= 0.6 is 19.5 Å². The first-order chi connectivity index (χ1) is 24.9. The highest BCUT2D eigenvalue weighted by atomic mass is 32.2. The number of thioether (sulfide) groups is 1. The number of nitrogens with zero attached hydrogens (tertiary/aromatic N) is 4. The molecule has 0 aliphatic carbocycles. The van der Waals surface area contributed by atoms with Crippen LogP contribution in [0.1, 0.15) is 38.2 Å². The van der Waals surface area contributed by atoms with Crippen molar-refractivity contribution in [3.05, 3.63) is 84.7 Å². The standard InChI is InChI=1S/C35H41N6O9PS/c1-21(22-11-6-5-7-12-22)48-32(43)25(17-18-52-4)40-51(45,50-26-16-10-14-23-13-8-9-15-24(23)26)47-19-27-29(42)35(2,44)33(49-27)41-20-37-28-30(41)38-34(36)39-31(28)46-3/h5-16,20-21,25,27,29,33,42,44H,17-19H2,1-4H3,(H,40,45)(H2,36,38,39). The van der Waals surface area contributed by atoms with E-state index in [1.165, 1.54) is 36.7 Å². The van der Waals surface area contributed by atoms with Gasteiger partial charge in [-0.05, 0) is 49.3 Å². The number of hydrogen-bond donors (Lipinski definition) is 4. The van der Waals surface area contributed by atoms with E-state index in [9.17, 15) is 19.6 Å². The predicted molar refractivity (Wildman–Crippen MR) is 196 cm³/mol. The van der Waals surface area contributed by atoms with E-state index in [1.807, 2.05) is 66.9 Å². The summed E-state index contributed by atoms with van der Waals surface area (Å²) in [5.74, 6) is 0.115. The molecule has 7 atom stereocenters. The number of fused-ring (bicyclic) bond motifs is 2. The fraction of sp³-hybridized carbons (Fsp3) is 0.371. The van der Waals surface area contributed by atoms with Gasteiger partial charge in [-0.2, -0.15) is 26.8 Å². The molecule has 1 aliphatic rings. The molecule has 1 aliphatic heterocycles. The van der Waals surface area contributed by atoms with E-state index in [0.29, 0.717) is 11.1 Å². The third-order valence-corrected chi connectivity index (χ3v) is 11.0. The first kappa shape index (κ1) is 37.5. The highest BCUT2D eigenvalue weighted by Crippen LogP contribution is 2.49. The molecule has 276 valence electrons. The smallest absolute Gasteiger partial charge is 0.459 e. The first-order valence-electron chi connectivity index (χ1n) is 16.5. The minimum absolute atomic E-state index is 0.102. The minimum Gasteiger partial charge on any atom is -0.479 e. The van der Waals surface area contributed by atoms with E-state index in [2.05, 4.69) is 20.0 Å². The number of benzene rings is 3. The van der Waals surface area contributed by atoms with Crippen LogP contribution in [0.3, 0.4) is 0 Å². The Morgan fingerprint density at radius 3 is 2.62 bits per heavy atom. The van der Waals surface area contributed by atoms with Crippen LogP contribution in [0, 0.1) is 0 Å². The second-order valence-electron chi connectivity index (χ2n) is 12.4. The number of rotatable bonds is 15. The number of carbonyl (C=O) groups excluding carboxylic acids is 1. The van der Waals surface area contributed by atoms with Gasteiger partial charge in [0.25, 0.3) is 0 Å². The molecule has 0 spiro atoms. The zero-order valence-corrected chi connectivity index (χ0v) is 30.7. The zero-order chi connectivity index (χ0) is 37.0. The van der Waals surface area contributed by atoms with E-state index in [0.717, 1.165) is 10.9 Å². The number of nitrogen functional groups attached to an aromatic ring is 1. The summed E-state index contributed by atoms with van der Waals surface area (Å²) in [6.45, 7) is 2.60. The molecule has 5 N–H and O–H groups in total. The van der Waals surface area contributed by atoms with Crippen LogP contribution in [0.5, 0.6) is 11.6 Å². The lowest BCUT2D eigenvalue weighted by atomic mass is 9.96. The lowest BCUT2D eigenvalue weighted by Crippen LogP contribution is -2.44. The van der Waals surface area contributed by atoms with Crippen molar-refractivity contribution in [1.29, 1.82) is 0 Å². The normalized spacial score (nSPS) is 22.5. The zero-order valence-electron chi connectivity index (χ0n) is 29.0. The van der Waals surface area contributed by atoms with Crippen molar-refractivity contribution in [3.8, 4) is 11.6 Å². The molecular weight excluding hydrogens is 711 g/mol. The summed E-state index contributed by atoms with van der Waals surface area (Å²) < 4.78 is 45.7. The topological polar surface area (TPSA) is 202 Å². The molecule has 3 heterocycles. The van der Waals surface area contributed by atoms with Crippen LogP contribution in [0.4, 0.5) is 5.95 Å². The number of aliphatic hydroxyl groups is 2. The molecule has 6 rings (SSSR count). The van der Waals surface area contributed by atoms with Gasteiger partial charge >= 0.3 is 13.7 Å². The lowest BCUT2D eigenvalue weighted by molar-refractivity contribution is -0.150. The molecule has 1 saturated heterocycles. The van der Waals surface area contributed by atoms with Crippen molar-refractivity contribution in [2.45, 2.75) is 56.5 Å². The summed E-state index contributed by atoms with van der Waals surface area (Å²) in [6.07, 6.45) is -1.15. The van der Waals surface area contributed by atoms with Crippen LogP contribution in [0.2, 0.25) is 0 Å². The summed E-state index contributed by atoms with van der Waals surface area (Å²) >= 11 is 1.50. The van der Waals surface area contributed by atoms with Gasteiger partial charge in [-0.25, -0.2) is 9.55 Å². The van der Waals surface area contributed by atoms with Gasteiger partial charge < -0.3 is 34.7 Å². The maximum absolute atomic E-state index is 14.8. The Bertz CT molecular complexity index is 2060. The molecule has 5 aromatic rings. The summed E-state index contributed by atoms with van der Waals surface area (Å²) in [5.41, 5.74) is 5.21. The van der Waals surface area contributed by atoms with Gasteiger partial charge in [0.15, 0.2) is 17.4 Å². The number of esters is 1. The lowest BCUT2D eigenvalue weighted by Gasteiger charge is -2.28. The van der Waals surface area contributed by atoms with Crippen LogP contribution in [0.25, 0.3) is 21.9 Å². The van der Waals surface area contributed by atoms with Crippen LogP contribution in [-0.4, -0.2) is 85.3 Å². The summed E-state index contributed by atoms with van der Waals surface area (Å²) in [5, 5.41) is 27.2. The molecule has 0 radical (unpaired) electrons. The molecule has 52 heavy (non-hydrogen) atoms. The highest BCUT2D eigenvalue weighted by molar-refractivity contribution is 7.98. The Kier molecular flexibility index (Phi) is 11.4. The number of nitrogens with two attached hydrogens (primary N) is 1. The van der Waals surface area contributed by atoms with Crippen molar-refractivity contribution < 1.29 is 42.8 Å². The Hall–Kier alpha value is -4.28. The largest absolute Gasteiger partial charge is 0.479 e. The number of nitrogens with one attached hydrogen (secondary N) is 1. The average Bonchev–Trinajstić information content (AvgIpc) is 3.65. The number of methoxy groups -OCH3 is 1. The molecule has 2 aromatic heterocycles. The van der Waals surface area contributed by atoms with Crippen molar-refractivity contribution in [2.75, 3.05) is 31.5 Å². The van der Waals surface area contributed by atoms with Gasteiger partial charge in [0.2, 0.25) is 11.8 Å². The average molecular weight is 753 g/mol. The molecule has 0 saturated carbocycles. The molecule has 17 heteroatoms. The summed E-state index contributed by atoms with van der Waals surface area (Å²) in [4.78, 5) is 26.2. The van der Waals surface area contributed by atoms with Gasteiger partial charge in [0, 0.05) is 5.39 Å². The van der Waals surface area contributed by atoms with Gasteiger partial charge in [-0.3, -0.25) is 13.9 Å². The molecule has 3 aromatic carbocycles. The van der Waals surface area contributed by atoms with Crippen molar-refractivity contribution in [3.63, 3.8) is 0 Å². The number of carbonyl (C=O) groups is 1. The maximum Gasteiger partial charge on any atom is 0.459 e. The Morgan fingerprint density at radius 2 is 1.87 bits per heavy atom. The number of aliphatic hydroxyl groups excluding tert-OH is 1. The van der Waals surface area contributed by atoms with E-state index in [4.69, 9.17) is 29.0 Å². The number of anilines is 1. The van der Waals surface area contributed by atoms with E-state index >= 15 is 0 Å². The van der Waals surface area contributed by atoms with E-state index in [1.54, 1.807) is 19.1 Å². The van der Waals surface area contributed by atoms with Crippen molar-refractivity contribution in [2.24, 2.45) is 0 Å². The van der Waals surface area contributed by atoms with E-state index in [-0.39, 0.29) is 35.2 Å². The second-order valence-corrected chi connectivity index (χ2v) is 15.1. The van der Waals surface area contributed by atoms with Gasteiger partial charge in [-0.15, -0.1) is 0 Å². The molecular formula is C35H41N6O9PS. The second kappa shape index (κ2) is 15.8. The SMILES string of the molecule is COc1nc(N)nc2c1ncn2C1OC(COP(=O)(NC(CCSC)C(=O)OC(C)c2ccccc2)Oc2cccc3ccccc23)C(O)C1(C)O. The molecule has 0 bridgehead atoms. The van der Waals surface area contributed by atoms with Crippen LogP contribution in [-0.2, 0) is 23.4 Å². The number of aromatic nitrogens is 4. The molecule has 1 fully saturated rings.